The summed E-state index contributed by atoms with van der Waals surface area (Å²) < 4.78 is 1.13. The van der Waals surface area contributed by atoms with Gasteiger partial charge in [0.25, 0.3) is 0 Å². The first-order valence-electron chi connectivity index (χ1n) is 3.34. The quantitative estimate of drug-likeness (QED) is 0.560. The third kappa shape index (κ3) is 2.14. The van der Waals surface area contributed by atoms with E-state index in [9.17, 15) is 0 Å². The van der Waals surface area contributed by atoms with Crippen molar-refractivity contribution in [3.8, 4) is 0 Å². The summed E-state index contributed by atoms with van der Waals surface area (Å²) in [5.74, 6) is 0. The van der Waals surface area contributed by atoms with Gasteiger partial charge >= 0.3 is 0 Å². The van der Waals surface area contributed by atoms with Gasteiger partial charge in [0.2, 0.25) is 0 Å². The second-order valence-corrected chi connectivity index (χ2v) is 3.98. The fourth-order valence-electron chi connectivity index (χ4n) is 0.794. The van der Waals surface area contributed by atoms with Crippen LogP contribution >= 0.6 is 15.9 Å². The zero-order valence-electron chi connectivity index (χ0n) is 6.26. The molecular formula is C9H11Br. The summed E-state index contributed by atoms with van der Waals surface area (Å²) in [6, 6.07) is 0. The van der Waals surface area contributed by atoms with Crippen LogP contribution in [-0.2, 0) is 0 Å². The third-order valence-electron chi connectivity index (χ3n) is 1.45. The molecule has 0 spiro atoms. The second kappa shape index (κ2) is 2.75. The summed E-state index contributed by atoms with van der Waals surface area (Å²) in [7, 11) is 0. The average molecular weight is 199 g/mol. The van der Waals surface area contributed by atoms with Crippen molar-refractivity contribution < 1.29 is 0 Å². The minimum Gasteiger partial charge on any atom is -0.0750 e. The Balaban J connectivity index is 2.88. The molecule has 0 nitrogen and oxygen atoms in total. The first-order valence-corrected chi connectivity index (χ1v) is 4.14. The van der Waals surface area contributed by atoms with Gasteiger partial charge in [-0.05, 0) is 6.08 Å². The zero-order valence-corrected chi connectivity index (χ0v) is 7.85. The van der Waals surface area contributed by atoms with E-state index in [1.54, 1.807) is 0 Å². The van der Waals surface area contributed by atoms with Gasteiger partial charge in [-0.3, -0.25) is 0 Å². The lowest BCUT2D eigenvalue weighted by molar-refractivity contribution is 0.627. The molecule has 1 rings (SSSR count). The van der Waals surface area contributed by atoms with Crippen LogP contribution in [0.5, 0.6) is 0 Å². The van der Waals surface area contributed by atoms with Crippen LogP contribution in [-0.4, -0.2) is 0 Å². The Morgan fingerprint density at radius 2 is 2.00 bits per heavy atom. The van der Waals surface area contributed by atoms with Crippen molar-refractivity contribution in [3.05, 3.63) is 34.9 Å². The highest BCUT2D eigenvalue weighted by atomic mass is 79.9. The molecule has 0 bridgehead atoms. The van der Waals surface area contributed by atoms with Gasteiger partial charge in [0.1, 0.15) is 0 Å². The smallest absolute Gasteiger partial charge is 0.0172 e. The largest absolute Gasteiger partial charge is 0.0750 e. The summed E-state index contributed by atoms with van der Waals surface area (Å²) in [4.78, 5) is 0. The molecule has 0 saturated heterocycles. The van der Waals surface area contributed by atoms with Crippen molar-refractivity contribution in [3.63, 3.8) is 0 Å². The van der Waals surface area contributed by atoms with Crippen LogP contribution in [0.1, 0.15) is 13.8 Å². The van der Waals surface area contributed by atoms with Crippen LogP contribution < -0.4 is 0 Å². The number of allylic oxidation sites excluding steroid dienone is 6. The normalized spacial score (nSPS) is 22.1. The first-order chi connectivity index (χ1) is 4.60. The van der Waals surface area contributed by atoms with Crippen molar-refractivity contribution >= 4 is 15.9 Å². The highest BCUT2D eigenvalue weighted by Crippen LogP contribution is 2.23. The summed E-state index contributed by atoms with van der Waals surface area (Å²) in [6.45, 7) is 4.36. The summed E-state index contributed by atoms with van der Waals surface area (Å²) in [6.07, 6.45) is 10.6. The Morgan fingerprint density at radius 1 is 1.30 bits per heavy atom. The highest BCUT2D eigenvalue weighted by molar-refractivity contribution is 9.11. The van der Waals surface area contributed by atoms with Crippen molar-refractivity contribution in [1.82, 2.24) is 0 Å². The Bertz CT molecular complexity index is 207. The van der Waals surface area contributed by atoms with Crippen LogP contribution in [0, 0.1) is 5.41 Å². The molecule has 0 aromatic carbocycles. The predicted octanol–water partition coefficient (Wildman–Crippen LogP) is 3.42. The fourth-order valence-corrected chi connectivity index (χ4v) is 1.08. The molecule has 0 N–H and O–H groups in total. The number of hydrogen-bond donors (Lipinski definition) is 0. The maximum absolute atomic E-state index is 3.41. The van der Waals surface area contributed by atoms with E-state index in [1.807, 2.05) is 6.08 Å². The standard InChI is InChI=1S/C9H11Br/c1-9(2)6-3-4-8(10)5-7-9/h3-7H,1-2H3. The monoisotopic (exact) mass is 198 g/mol. The van der Waals surface area contributed by atoms with Crippen LogP contribution in [0.4, 0.5) is 0 Å². The molecule has 1 aliphatic rings. The summed E-state index contributed by atoms with van der Waals surface area (Å²) in [5.41, 5.74) is 0.200. The van der Waals surface area contributed by atoms with E-state index >= 15 is 0 Å². The molecule has 0 fully saturated rings. The highest BCUT2D eigenvalue weighted by Gasteiger charge is 2.08. The maximum Gasteiger partial charge on any atom is 0.0172 e. The molecule has 0 atom stereocenters. The van der Waals surface area contributed by atoms with Crippen molar-refractivity contribution in [1.29, 1.82) is 0 Å². The number of hydrogen-bond acceptors (Lipinski definition) is 0. The summed E-state index contributed by atoms with van der Waals surface area (Å²) >= 11 is 3.41. The van der Waals surface area contributed by atoms with Crippen molar-refractivity contribution in [2.24, 2.45) is 5.41 Å². The van der Waals surface area contributed by atoms with Crippen LogP contribution in [0.15, 0.2) is 34.9 Å². The van der Waals surface area contributed by atoms with Gasteiger partial charge in [0.05, 0.1) is 0 Å². The zero-order chi connectivity index (χ0) is 7.61. The second-order valence-electron chi connectivity index (χ2n) is 3.07. The predicted molar refractivity (Wildman–Crippen MR) is 49.1 cm³/mol. The van der Waals surface area contributed by atoms with Gasteiger partial charge in [0, 0.05) is 9.90 Å². The van der Waals surface area contributed by atoms with E-state index in [4.69, 9.17) is 0 Å². The topological polar surface area (TPSA) is 0 Å². The van der Waals surface area contributed by atoms with E-state index in [0.29, 0.717) is 0 Å². The minimum absolute atomic E-state index is 0.200. The van der Waals surface area contributed by atoms with Crippen LogP contribution in [0.25, 0.3) is 0 Å². The Hall–Kier alpha value is -0.300. The molecule has 0 unspecified atom stereocenters. The molecule has 1 heteroatoms. The third-order valence-corrected chi connectivity index (χ3v) is 1.98. The lowest BCUT2D eigenvalue weighted by atomic mass is 9.93. The first kappa shape index (κ1) is 7.80. The van der Waals surface area contributed by atoms with Gasteiger partial charge in [-0.15, -0.1) is 0 Å². The molecule has 0 heterocycles. The SMILES string of the molecule is CC1(C)C=CC=C(Br)C=C1. The fraction of sp³-hybridized carbons (Fsp3) is 0.333. The van der Waals surface area contributed by atoms with E-state index in [1.165, 1.54) is 0 Å². The minimum atomic E-state index is 0.200. The Labute approximate surface area is 70.5 Å². The lowest BCUT2D eigenvalue weighted by Gasteiger charge is -2.12. The Kier molecular flexibility index (Phi) is 2.14. The summed E-state index contributed by atoms with van der Waals surface area (Å²) in [5, 5.41) is 0. The van der Waals surface area contributed by atoms with Crippen molar-refractivity contribution in [2.75, 3.05) is 0 Å². The molecule has 0 saturated carbocycles. The van der Waals surface area contributed by atoms with Crippen LogP contribution in [0.3, 0.4) is 0 Å². The molecule has 0 radical (unpaired) electrons. The van der Waals surface area contributed by atoms with Gasteiger partial charge in [-0.2, -0.15) is 0 Å². The maximum atomic E-state index is 3.41. The van der Waals surface area contributed by atoms with E-state index < -0.39 is 0 Å². The molecule has 10 heavy (non-hydrogen) atoms. The molecule has 0 aromatic heterocycles. The van der Waals surface area contributed by atoms with Crippen molar-refractivity contribution in [2.45, 2.75) is 13.8 Å². The van der Waals surface area contributed by atoms with Gasteiger partial charge in [-0.1, -0.05) is 54.1 Å². The molecule has 1 aliphatic carbocycles. The molecule has 0 aromatic rings. The molecule has 0 aliphatic heterocycles. The van der Waals surface area contributed by atoms with Gasteiger partial charge in [-0.25, -0.2) is 0 Å². The number of rotatable bonds is 0. The number of halogens is 1. The lowest BCUT2D eigenvalue weighted by Crippen LogP contribution is -2.00. The average Bonchev–Trinajstić information content (AvgIpc) is 1.94. The molecular weight excluding hydrogens is 188 g/mol. The van der Waals surface area contributed by atoms with E-state index in [-0.39, 0.29) is 5.41 Å². The van der Waals surface area contributed by atoms with Gasteiger partial charge < -0.3 is 0 Å². The van der Waals surface area contributed by atoms with Gasteiger partial charge in [0.15, 0.2) is 0 Å². The van der Waals surface area contributed by atoms with E-state index in [0.717, 1.165) is 4.48 Å². The molecule has 54 valence electrons. The molecule has 0 amide bonds. The Morgan fingerprint density at radius 3 is 2.70 bits per heavy atom. The van der Waals surface area contributed by atoms with Crippen LogP contribution in [0.2, 0.25) is 0 Å². The van der Waals surface area contributed by atoms with E-state index in [2.05, 4.69) is 54.1 Å².